The lowest BCUT2D eigenvalue weighted by Crippen LogP contribution is -2.33. The number of nitrogens with one attached hydrogen (secondary N) is 2. The standard InChI is InChI=1S/C15H21BrN2O3S/c1-3-4-10(2)17-15(19)13-9-12(7-8-14(13)16)22(20,21)18-11-5-6-11/h7-11,18H,3-6H2,1-2H3,(H,17,19). The molecule has 0 radical (unpaired) electrons. The Balaban J connectivity index is 2.20. The van der Waals surface area contributed by atoms with E-state index in [1.54, 1.807) is 6.07 Å². The molecule has 1 aliphatic rings. The first-order valence-corrected chi connectivity index (χ1v) is 9.74. The first kappa shape index (κ1) is 17.4. The smallest absolute Gasteiger partial charge is 0.252 e. The number of amides is 1. The largest absolute Gasteiger partial charge is 0.350 e. The predicted molar refractivity (Wildman–Crippen MR) is 89.3 cm³/mol. The Bertz CT molecular complexity index is 657. The van der Waals surface area contributed by atoms with Gasteiger partial charge in [0.15, 0.2) is 0 Å². The van der Waals surface area contributed by atoms with Gasteiger partial charge in [0, 0.05) is 16.6 Å². The molecule has 0 aliphatic heterocycles. The van der Waals surface area contributed by atoms with Crippen molar-refractivity contribution in [2.45, 2.75) is 56.5 Å². The Morgan fingerprint density at radius 3 is 2.68 bits per heavy atom. The minimum absolute atomic E-state index is 0.0375. The van der Waals surface area contributed by atoms with E-state index in [0.717, 1.165) is 25.7 Å². The van der Waals surface area contributed by atoms with Gasteiger partial charge in [0.1, 0.15) is 0 Å². The first-order chi connectivity index (χ1) is 10.3. The Hall–Kier alpha value is -0.920. The van der Waals surface area contributed by atoms with Gasteiger partial charge in [-0.25, -0.2) is 13.1 Å². The fourth-order valence-electron chi connectivity index (χ4n) is 2.14. The molecular weight excluding hydrogens is 368 g/mol. The van der Waals surface area contributed by atoms with Gasteiger partial charge in [0.2, 0.25) is 10.0 Å². The van der Waals surface area contributed by atoms with E-state index in [2.05, 4.69) is 32.9 Å². The van der Waals surface area contributed by atoms with Gasteiger partial charge in [-0.3, -0.25) is 4.79 Å². The number of benzene rings is 1. The Labute approximate surface area is 140 Å². The van der Waals surface area contributed by atoms with Crippen molar-refractivity contribution < 1.29 is 13.2 Å². The maximum Gasteiger partial charge on any atom is 0.252 e. The van der Waals surface area contributed by atoms with Crippen LogP contribution in [-0.4, -0.2) is 26.4 Å². The highest BCUT2D eigenvalue weighted by Crippen LogP contribution is 2.25. The van der Waals surface area contributed by atoms with E-state index in [1.807, 2.05) is 6.92 Å². The fourth-order valence-corrected chi connectivity index (χ4v) is 3.90. The number of halogens is 1. The van der Waals surface area contributed by atoms with Crippen molar-refractivity contribution in [3.8, 4) is 0 Å². The lowest BCUT2D eigenvalue weighted by atomic mass is 10.1. The average Bonchev–Trinajstić information content (AvgIpc) is 3.22. The molecule has 22 heavy (non-hydrogen) atoms. The van der Waals surface area contributed by atoms with Crippen LogP contribution in [0.25, 0.3) is 0 Å². The number of hydrogen-bond donors (Lipinski definition) is 2. The molecule has 1 unspecified atom stereocenters. The maximum atomic E-state index is 12.3. The summed E-state index contributed by atoms with van der Waals surface area (Å²) in [6.45, 7) is 3.99. The molecule has 1 atom stereocenters. The third kappa shape index (κ3) is 4.54. The molecule has 2 rings (SSSR count). The molecule has 1 aromatic carbocycles. The number of carbonyl (C=O) groups excluding carboxylic acids is 1. The Morgan fingerprint density at radius 2 is 2.09 bits per heavy atom. The van der Waals surface area contributed by atoms with Gasteiger partial charge in [0.05, 0.1) is 10.5 Å². The van der Waals surface area contributed by atoms with Gasteiger partial charge in [-0.15, -0.1) is 0 Å². The minimum atomic E-state index is -3.56. The molecule has 0 heterocycles. The molecule has 122 valence electrons. The van der Waals surface area contributed by atoms with Crippen LogP contribution in [0.3, 0.4) is 0 Å². The van der Waals surface area contributed by atoms with Gasteiger partial charge in [-0.2, -0.15) is 0 Å². The van der Waals surface area contributed by atoms with E-state index in [1.165, 1.54) is 12.1 Å². The topological polar surface area (TPSA) is 75.3 Å². The SMILES string of the molecule is CCCC(C)NC(=O)c1cc(S(=O)(=O)NC2CC2)ccc1Br. The summed E-state index contributed by atoms with van der Waals surface area (Å²) in [5.74, 6) is -0.267. The molecule has 1 saturated carbocycles. The summed E-state index contributed by atoms with van der Waals surface area (Å²) in [5.41, 5.74) is 0.335. The second-order valence-electron chi connectivity index (χ2n) is 5.70. The second-order valence-corrected chi connectivity index (χ2v) is 8.27. The van der Waals surface area contributed by atoms with Crippen molar-refractivity contribution in [2.24, 2.45) is 0 Å². The van der Waals surface area contributed by atoms with Crippen molar-refractivity contribution in [3.05, 3.63) is 28.2 Å². The molecule has 0 spiro atoms. The molecule has 1 amide bonds. The monoisotopic (exact) mass is 388 g/mol. The van der Waals surface area contributed by atoms with Crippen molar-refractivity contribution in [2.75, 3.05) is 0 Å². The third-order valence-corrected chi connectivity index (χ3v) is 5.70. The third-order valence-electron chi connectivity index (χ3n) is 3.49. The molecule has 1 aliphatic carbocycles. The fraction of sp³-hybridized carbons (Fsp3) is 0.533. The van der Waals surface area contributed by atoms with Crippen LogP contribution in [0.4, 0.5) is 0 Å². The quantitative estimate of drug-likeness (QED) is 0.753. The second kappa shape index (κ2) is 7.10. The van der Waals surface area contributed by atoms with Crippen molar-refractivity contribution in [1.82, 2.24) is 10.0 Å². The van der Waals surface area contributed by atoms with E-state index in [4.69, 9.17) is 0 Å². The molecule has 1 aromatic rings. The summed E-state index contributed by atoms with van der Waals surface area (Å²) >= 11 is 3.31. The highest BCUT2D eigenvalue weighted by Gasteiger charge is 2.28. The normalized spacial score (nSPS) is 16.3. The molecule has 0 saturated heterocycles. The summed E-state index contributed by atoms with van der Waals surface area (Å²) in [6.07, 6.45) is 3.60. The summed E-state index contributed by atoms with van der Waals surface area (Å²) in [6, 6.07) is 4.61. The van der Waals surface area contributed by atoms with E-state index in [-0.39, 0.29) is 22.9 Å². The lowest BCUT2D eigenvalue weighted by Gasteiger charge is -2.14. The summed E-state index contributed by atoms with van der Waals surface area (Å²) in [7, 11) is -3.56. The van der Waals surface area contributed by atoms with Crippen LogP contribution in [0.15, 0.2) is 27.6 Å². The Morgan fingerprint density at radius 1 is 1.41 bits per heavy atom. The zero-order chi connectivity index (χ0) is 16.3. The molecule has 5 nitrogen and oxygen atoms in total. The highest BCUT2D eigenvalue weighted by atomic mass is 79.9. The lowest BCUT2D eigenvalue weighted by molar-refractivity contribution is 0.0937. The predicted octanol–water partition coefficient (Wildman–Crippen LogP) is 2.81. The van der Waals surface area contributed by atoms with E-state index >= 15 is 0 Å². The summed E-state index contributed by atoms with van der Waals surface area (Å²) in [4.78, 5) is 12.4. The van der Waals surface area contributed by atoms with Gasteiger partial charge < -0.3 is 5.32 Å². The molecule has 0 aromatic heterocycles. The molecule has 2 N–H and O–H groups in total. The van der Waals surface area contributed by atoms with Crippen LogP contribution < -0.4 is 10.0 Å². The van der Waals surface area contributed by atoms with Gasteiger partial charge in [0.25, 0.3) is 5.91 Å². The first-order valence-electron chi connectivity index (χ1n) is 7.46. The number of hydrogen-bond acceptors (Lipinski definition) is 3. The van der Waals surface area contributed by atoms with Crippen LogP contribution in [-0.2, 0) is 10.0 Å². The maximum absolute atomic E-state index is 12.3. The molecular formula is C15H21BrN2O3S. The van der Waals surface area contributed by atoms with E-state index < -0.39 is 10.0 Å². The van der Waals surface area contributed by atoms with Crippen LogP contribution >= 0.6 is 15.9 Å². The van der Waals surface area contributed by atoms with E-state index in [9.17, 15) is 13.2 Å². The molecule has 7 heteroatoms. The molecule has 1 fully saturated rings. The van der Waals surface area contributed by atoms with Crippen LogP contribution in [0.2, 0.25) is 0 Å². The minimum Gasteiger partial charge on any atom is -0.350 e. The van der Waals surface area contributed by atoms with Crippen LogP contribution in [0.5, 0.6) is 0 Å². The van der Waals surface area contributed by atoms with Gasteiger partial charge >= 0.3 is 0 Å². The van der Waals surface area contributed by atoms with Crippen molar-refractivity contribution in [1.29, 1.82) is 0 Å². The zero-order valence-electron chi connectivity index (χ0n) is 12.7. The van der Waals surface area contributed by atoms with Crippen LogP contribution in [0.1, 0.15) is 49.9 Å². The van der Waals surface area contributed by atoms with Gasteiger partial charge in [-0.05, 0) is 60.3 Å². The zero-order valence-corrected chi connectivity index (χ0v) is 15.1. The Kier molecular flexibility index (Phi) is 5.63. The van der Waals surface area contributed by atoms with Crippen LogP contribution in [0, 0.1) is 0 Å². The number of sulfonamides is 1. The number of rotatable bonds is 7. The highest BCUT2D eigenvalue weighted by molar-refractivity contribution is 9.10. The molecule has 0 bridgehead atoms. The van der Waals surface area contributed by atoms with E-state index in [0.29, 0.717) is 10.0 Å². The van der Waals surface area contributed by atoms with Crippen molar-refractivity contribution >= 4 is 31.9 Å². The summed E-state index contributed by atoms with van der Waals surface area (Å²) < 4.78 is 27.7. The average molecular weight is 389 g/mol. The van der Waals surface area contributed by atoms with Crippen molar-refractivity contribution in [3.63, 3.8) is 0 Å². The van der Waals surface area contributed by atoms with Gasteiger partial charge in [-0.1, -0.05) is 13.3 Å². The summed E-state index contributed by atoms with van der Waals surface area (Å²) in [5, 5.41) is 2.89. The number of carbonyl (C=O) groups is 1.